The summed E-state index contributed by atoms with van der Waals surface area (Å²) in [4.78, 5) is 0. The van der Waals surface area contributed by atoms with Crippen LogP contribution in [-0.4, -0.2) is 81.8 Å². The van der Waals surface area contributed by atoms with Gasteiger partial charge < -0.3 is 5.21 Å². The predicted octanol–water partition coefficient (Wildman–Crippen LogP) is -2.04. The van der Waals surface area contributed by atoms with Gasteiger partial charge in [-0.15, -0.1) is 17.0 Å². The molecule has 0 fully saturated rings. The van der Waals surface area contributed by atoms with Crippen LogP contribution in [0.25, 0.3) is 0 Å². The molecule has 0 aromatic carbocycles. The molecule has 5 N–H and O–H groups in total. The summed E-state index contributed by atoms with van der Waals surface area (Å²) in [5.41, 5.74) is 0. The van der Waals surface area contributed by atoms with E-state index in [1.807, 2.05) is 0 Å². The van der Waals surface area contributed by atoms with Crippen LogP contribution in [0.5, 0.6) is 0 Å². The van der Waals surface area contributed by atoms with Gasteiger partial charge in [-0.1, -0.05) is 0 Å². The second-order valence-electron chi connectivity index (χ2n) is 0.448. The first-order valence-corrected chi connectivity index (χ1v) is 2.35. The van der Waals surface area contributed by atoms with Crippen molar-refractivity contribution in [2.75, 3.05) is 0 Å². The summed E-state index contributed by atoms with van der Waals surface area (Å²) in [7, 11) is -4.67. The maximum absolute atomic E-state index is 8.74. The molecule has 6 nitrogen and oxygen atoms in total. The zero-order valence-corrected chi connectivity index (χ0v) is 6.08. The Morgan fingerprint density at radius 3 is 1.00 bits per heavy atom. The quantitative estimate of drug-likeness (QED) is 0.226. The van der Waals surface area contributed by atoms with Crippen molar-refractivity contribution in [2.24, 2.45) is 5.90 Å². The molecule has 0 aliphatic carbocycles. The van der Waals surface area contributed by atoms with Gasteiger partial charge in [-0.3, -0.25) is 9.11 Å². The van der Waals surface area contributed by atoms with Crippen molar-refractivity contribution in [1.82, 2.24) is 0 Å². The van der Waals surface area contributed by atoms with Crippen LogP contribution in [0.4, 0.5) is 0 Å². The minimum atomic E-state index is -4.67. The van der Waals surface area contributed by atoms with Crippen LogP contribution < -0.4 is 5.90 Å². The van der Waals surface area contributed by atoms with Crippen molar-refractivity contribution in [3.63, 3.8) is 0 Å². The van der Waals surface area contributed by atoms with Crippen LogP contribution in [0, 0.1) is 0 Å². The molecule has 0 spiro atoms. The van der Waals surface area contributed by atoms with Gasteiger partial charge in [0.15, 0.2) is 0 Å². The molecule has 0 aliphatic rings. The first kappa shape index (κ1) is 29.5. The molecule has 0 amide bonds. The van der Waals surface area contributed by atoms with Gasteiger partial charge >= 0.3 is 69.5 Å². The molecule has 0 saturated carbocycles. The molecule has 10 heteroatoms. The van der Waals surface area contributed by atoms with Gasteiger partial charge in [0.2, 0.25) is 0 Å². The minimum absolute atomic E-state index is 0. The van der Waals surface area contributed by atoms with E-state index in [4.69, 9.17) is 22.7 Å². The number of hydrogen-bond acceptors (Lipinski definition) is 4. The van der Waals surface area contributed by atoms with Crippen LogP contribution in [0.15, 0.2) is 0 Å². The van der Waals surface area contributed by atoms with Crippen LogP contribution in [-0.2, 0) is 10.4 Å². The Bertz CT molecular complexity index is 103. The predicted molar refractivity (Wildman–Crippen MR) is 44.8 cm³/mol. The van der Waals surface area contributed by atoms with E-state index in [1.54, 1.807) is 0 Å². The molecule has 0 aromatic rings. The number of halogens is 1. The molecule has 0 radical (unpaired) electrons. The summed E-state index contributed by atoms with van der Waals surface area (Å²) in [6.45, 7) is 0. The molecule has 10 heavy (non-hydrogen) atoms. The van der Waals surface area contributed by atoms with E-state index in [-0.39, 0.29) is 76.1 Å². The summed E-state index contributed by atoms with van der Waals surface area (Å²) >= 11 is 0. The van der Waals surface area contributed by atoms with E-state index in [9.17, 15) is 0 Å². The van der Waals surface area contributed by atoms with Gasteiger partial charge in [0, 0.05) is 0 Å². The van der Waals surface area contributed by atoms with E-state index in [0.717, 1.165) is 0 Å². The molecular formula is H8BrNNa2O5S. The number of nitrogens with two attached hydrogens (primary N) is 1. The molecular weight excluding hydrogens is 252 g/mol. The molecule has 0 aliphatic heterocycles. The Balaban J connectivity index is -0.0000000154. The third-order valence-electron chi connectivity index (χ3n) is 0. The topological polar surface area (TPSA) is 121 Å². The van der Waals surface area contributed by atoms with Crippen LogP contribution in [0.2, 0.25) is 0 Å². The normalized spacial score (nSPS) is 6.40. The fourth-order valence-electron chi connectivity index (χ4n) is 0. The fraction of sp³-hybridized carbons (Fsp3) is 0. The second kappa shape index (κ2) is 17.4. The van der Waals surface area contributed by atoms with E-state index >= 15 is 0 Å². The van der Waals surface area contributed by atoms with Crippen molar-refractivity contribution >= 4 is 86.5 Å². The molecule has 0 saturated heterocycles. The Labute approximate surface area is 113 Å². The van der Waals surface area contributed by atoms with Gasteiger partial charge in [0.25, 0.3) is 0 Å². The number of rotatable bonds is 0. The Hall–Kier alpha value is 2.27. The van der Waals surface area contributed by atoms with Crippen LogP contribution >= 0.6 is 17.0 Å². The third-order valence-corrected chi connectivity index (χ3v) is 0. The van der Waals surface area contributed by atoms with E-state index < -0.39 is 10.4 Å². The summed E-state index contributed by atoms with van der Waals surface area (Å²) in [5.74, 6) is 3.50. The van der Waals surface area contributed by atoms with E-state index in [0.29, 0.717) is 0 Å². The molecule has 0 heterocycles. The monoisotopic (exact) mass is 259 g/mol. The Kier molecular flexibility index (Phi) is 51.2. The standard InChI is InChI=1S/BrH.H3NO.2Na.H2O4S.2H/c;1-2;;;1-5(2,3)4;;/h1H;2H,1H2;;;(H2,1,2,3,4);;. The summed E-state index contributed by atoms with van der Waals surface area (Å²) in [6.07, 6.45) is 0. The fourth-order valence-corrected chi connectivity index (χ4v) is 0. The second-order valence-corrected chi connectivity index (χ2v) is 1.34. The first-order valence-electron chi connectivity index (χ1n) is 0.957. The number of hydrogen-bond donors (Lipinski definition) is 4. The zero-order valence-electron chi connectivity index (χ0n) is 3.55. The average molecular weight is 260 g/mol. The van der Waals surface area contributed by atoms with Gasteiger partial charge in [-0.25, -0.2) is 5.90 Å². The summed E-state index contributed by atoms with van der Waals surface area (Å²) < 4.78 is 31.6. The van der Waals surface area contributed by atoms with Crippen molar-refractivity contribution in [1.29, 1.82) is 0 Å². The van der Waals surface area contributed by atoms with E-state index in [2.05, 4.69) is 5.90 Å². The van der Waals surface area contributed by atoms with Gasteiger partial charge in [0.1, 0.15) is 0 Å². The molecule has 0 aromatic heterocycles. The average Bonchev–Trinajstić information content (AvgIpc) is 1.36. The molecule has 58 valence electrons. The SMILES string of the molecule is Br.NO.O=S(=O)(O)O.[NaH].[NaH]. The first-order chi connectivity index (χ1) is 3.00. The maximum atomic E-state index is 8.74. The van der Waals surface area contributed by atoms with Crippen molar-refractivity contribution < 1.29 is 22.7 Å². The van der Waals surface area contributed by atoms with E-state index in [1.165, 1.54) is 0 Å². The summed E-state index contributed by atoms with van der Waals surface area (Å²) in [6, 6.07) is 0. The van der Waals surface area contributed by atoms with Gasteiger partial charge in [0.05, 0.1) is 0 Å². The molecule has 0 unspecified atom stereocenters. The Morgan fingerprint density at radius 2 is 1.00 bits per heavy atom. The van der Waals surface area contributed by atoms with Crippen LogP contribution in [0.1, 0.15) is 0 Å². The van der Waals surface area contributed by atoms with Crippen molar-refractivity contribution in [3.8, 4) is 0 Å². The zero-order chi connectivity index (χ0) is 6.50. The summed E-state index contributed by atoms with van der Waals surface area (Å²) in [5, 5.41) is 6.50. The van der Waals surface area contributed by atoms with Crippen LogP contribution in [0.3, 0.4) is 0 Å². The molecule has 0 bridgehead atoms. The van der Waals surface area contributed by atoms with Crippen molar-refractivity contribution in [3.05, 3.63) is 0 Å². The van der Waals surface area contributed by atoms with Crippen molar-refractivity contribution in [2.45, 2.75) is 0 Å². The third kappa shape index (κ3) is 171. The molecule has 0 rings (SSSR count). The molecule has 0 atom stereocenters. The van der Waals surface area contributed by atoms with Gasteiger partial charge in [-0.05, 0) is 0 Å². The van der Waals surface area contributed by atoms with Gasteiger partial charge in [-0.2, -0.15) is 8.42 Å². The Morgan fingerprint density at radius 1 is 1.00 bits per heavy atom.